The molecule has 0 radical (unpaired) electrons. The van der Waals surface area contributed by atoms with Crippen LogP contribution in [0, 0.1) is 0 Å². The molecule has 0 bridgehead atoms. The number of benzene rings is 1. The van der Waals surface area contributed by atoms with E-state index >= 15 is 0 Å². The Morgan fingerprint density at radius 3 is 2.38 bits per heavy atom. The minimum atomic E-state index is -1.09. The molecule has 1 atom stereocenters. The Morgan fingerprint density at radius 1 is 1.23 bits per heavy atom. The molecule has 2 N–H and O–H groups in total. The van der Waals surface area contributed by atoms with Gasteiger partial charge in [0, 0.05) is 44.4 Å². The summed E-state index contributed by atoms with van der Waals surface area (Å²) in [5.74, 6) is -1.69. The number of nitrogens with zero attached hydrogens (tertiary/aromatic N) is 2. The zero-order valence-electron chi connectivity index (χ0n) is 15.1. The number of rotatable bonds is 7. The molecule has 0 aliphatic carbocycles. The van der Waals surface area contributed by atoms with E-state index in [1.165, 1.54) is 18.7 Å². The maximum absolute atomic E-state index is 12.8. The van der Waals surface area contributed by atoms with Crippen molar-refractivity contribution >= 4 is 23.5 Å². The van der Waals surface area contributed by atoms with Crippen molar-refractivity contribution < 1.29 is 24.2 Å². The van der Waals surface area contributed by atoms with E-state index in [1.807, 2.05) is 12.1 Å². The summed E-state index contributed by atoms with van der Waals surface area (Å²) in [5.41, 5.74) is 1.42. The maximum atomic E-state index is 12.8. The standard InChI is InChI=1S/C18H25N3O5/c1-13(18(24)25)21(8-7-19-14(2)22)17(23)15-3-5-16(6-4-15)20-9-11-26-12-10-20/h3-6,13H,7-12H2,1-2H3,(H,19,22)(H,24,25). The molecule has 2 rings (SSSR count). The van der Waals surface area contributed by atoms with E-state index in [-0.39, 0.29) is 24.9 Å². The van der Waals surface area contributed by atoms with Gasteiger partial charge in [-0.1, -0.05) is 0 Å². The summed E-state index contributed by atoms with van der Waals surface area (Å²) in [4.78, 5) is 38.5. The molecule has 0 aromatic heterocycles. The largest absolute Gasteiger partial charge is 0.480 e. The van der Waals surface area contributed by atoms with Crippen molar-refractivity contribution in [3.05, 3.63) is 29.8 Å². The second-order valence-corrected chi connectivity index (χ2v) is 6.14. The van der Waals surface area contributed by atoms with Crippen LogP contribution in [0.25, 0.3) is 0 Å². The van der Waals surface area contributed by atoms with E-state index in [4.69, 9.17) is 4.74 Å². The fourth-order valence-electron chi connectivity index (χ4n) is 2.76. The van der Waals surface area contributed by atoms with Gasteiger partial charge in [-0.25, -0.2) is 4.79 Å². The zero-order chi connectivity index (χ0) is 19.1. The first kappa shape index (κ1) is 19.7. The molecule has 1 aliphatic rings. The average molecular weight is 363 g/mol. The quantitative estimate of drug-likeness (QED) is 0.735. The number of hydrogen-bond donors (Lipinski definition) is 2. The van der Waals surface area contributed by atoms with Crippen molar-refractivity contribution in [1.29, 1.82) is 0 Å². The summed E-state index contributed by atoms with van der Waals surface area (Å²) in [5, 5.41) is 11.9. The summed E-state index contributed by atoms with van der Waals surface area (Å²) >= 11 is 0. The van der Waals surface area contributed by atoms with Crippen LogP contribution < -0.4 is 10.2 Å². The maximum Gasteiger partial charge on any atom is 0.326 e. The molecule has 142 valence electrons. The molecule has 8 nitrogen and oxygen atoms in total. The number of carboxylic acids is 1. The van der Waals surface area contributed by atoms with E-state index in [0.717, 1.165) is 18.8 Å². The van der Waals surface area contributed by atoms with Gasteiger partial charge >= 0.3 is 5.97 Å². The van der Waals surface area contributed by atoms with E-state index in [1.54, 1.807) is 12.1 Å². The Bertz CT molecular complexity index is 641. The second kappa shape index (κ2) is 9.19. The van der Waals surface area contributed by atoms with Gasteiger partial charge in [-0.3, -0.25) is 9.59 Å². The predicted molar refractivity (Wildman–Crippen MR) is 96.3 cm³/mol. The van der Waals surface area contributed by atoms with Crippen molar-refractivity contribution in [2.45, 2.75) is 19.9 Å². The number of aliphatic carboxylic acids is 1. The highest BCUT2D eigenvalue weighted by molar-refractivity contribution is 5.96. The van der Waals surface area contributed by atoms with Crippen molar-refractivity contribution in [3.8, 4) is 0 Å². The molecule has 2 amide bonds. The average Bonchev–Trinajstić information content (AvgIpc) is 2.65. The minimum absolute atomic E-state index is 0.122. The summed E-state index contributed by atoms with van der Waals surface area (Å²) < 4.78 is 5.33. The third kappa shape index (κ3) is 5.19. The summed E-state index contributed by atoms with van der Waals surface area (Å²) in [6, 6.07) is 6.13. The number of morpholine rings is 1. The molecule has 0 saturated carbocycles. The number of carbonyl (C=O) groups excluding carboxylic acids is 2. The highest BCUT2D eigenvalue weighted by Gasteiger charge is 2.26. The van der Waals surface area contributed by atoms with Gasteiger partial charge in [0.1, 0.15) is 6.04 Å². The van der Waals surface area contributed by atoms with Crippen LogP contribution in [0.2, 0.25) is 0 Å². The first-order chi connectivity index (χ1) is 12.4. The summed E-state index contributed by atoms with van der Waals surface area (Å²) in [6.07, 6.45) is 0. The number of carbonyl (C=O) groups is 3. The van der Waals surface area contributed by atoms with Gasteiger partial charge < -0.3 is 25.0 Å². The number of nitrogens with one attached hydrogen (secondary N) is 1. The van der Waals surface area contributed by atoms with Crippen molar-refractivity contribution in [3.63, 3.8) is 0 Å². The minimum Gasteiger partial charge on any atom is -0.480 e. The molecule has 0 spiro atoms. The Kier molecular flexibility index (Phi) is 6.97. The molecule has 1 aromatic carbocycles. The molecule has 1 fully saturated rings. The predicted octanol–water partition coefficient (Wildman–Crippen LogP) is 0.575. The highest BCUT2D eigenvalue weighted by atomic mass is 16.5. The van der Waals surface area contributed by atoms with Crippen LogP contribution in [0.3, 0.4) is 0 Å². The number of hydrogen-bond acceptors (Lipinski definition) is 5. The molecule has 26 heavy (non-hydrogen) atoms. The van der Waals surface area contributed by atoms with E-state index in [0.29, 0.717) is 18.8 Å². The molecule has 1 saturated heterocycles. The van der Waals surface area contributed by atoms with Crippen LogP contribution in [0.5, 0.6) is 0 Å². The Balaban J connectivity index is 2.10. The van der Waals surface area contributed by atoms with Gasteiger partial charge in [0.25, 0.3) is 5.91 Å². The lowest BCUT2D eigenvalue weighted by molar-refractivity contribution is -0.141. The topological polar surface area (TPSA) is 99.2 Å². The Labute approximate surface area is 152 Å². The lowest BCUT2D eigenvalue weighted by Crippen LogP contribution is -2.46. The lowest BCUT2D eigenvalue weighted by Gasteiger charge is -2.29. The number of amides is 2. The van der Waals surface area contributed by atoms with Crippen LogP contribution in [0.4, 0.5) is 5.69 Å². The smallest absolute Gasteiger partial charge is 0.326 e. The molecule has 1 aliphatic heterocycles. The van der Waals surface area contributed by atoms with Crippen molar-refractivity contribution in [1.82, 2.24) is 10.2 Å². The van der Waals surface area contributed by atoms with Gasteiger partial charge in [-0.15, -0.1) is 0 Å². The third-order valence-corrected chi connectivity index (χ3v) is 4.30. The summed E-state index contributed by atoms with van der Waals surface area (Å²) in [7, 11) is 0. The van der Waals surface area contributed by atoms with E-state index in [2.05, 4.69) is 10.2 Å². The monoisotopic (exact) mass is 363 g/mol. The van der Waals surface area contributed by atoms with Gasteiger partial charge in [0.15, 0.2) is 0 Å². The van der Waals surface area contributed by atoms with E-state index in [9.17, 15) is 19.5 Å². The number of ether oxygens (including phenoxy) is 1. The van der Waals surface area contributed by atoms with Crippen molar-refractivity contribution in [2.24, 2.45) is 0 Å². The fourth-order valence-corrected chi connectivity index (χ4v) is 2.76. The second-order valence-electron chi connectivity index (χ2n) is 6.14. The lowest BCUT2D eigenvalue weighted by atomic mass is 10.1. The number of carboxylic acid groups (broad SMARTS) is 1. The van der Waals surface area contributed by atoms with Gasteiger partial charge in [-0.05, 0) is 31.2 Å². The van der Waals surface area contributed by atoms with Crippen molar-refractivity contribution in [2.75, 3.05) is 44.3 Å². The van der Waals surface area contributed by atoms with Crippen LogP contribution in [0.1, 0.15) is 24.2 Å². The van der Waals surface area contributed by atoms with Gasteiger partial charge in [-0.2, -0.15) is 0 Å². The van der Waals surface area contributed by atoms with Gasteiger partial charge in [0.05, 0.1) is 13.2 Å². The Morgan fingerprint density at radius 2 is 1.85 bits per heavy atom. The fraction of sp³-hybridized carbons (Fsp3) is 0.500. The highest BCUT2D eigenvalue weighted by Crippen LogP contribution is 2.18. The zero-order valence-corrected chi connectivity index (χ0v) is 15.1. The Hall–Kier alpha value is -2.61. The first-order valence-corrected chi connectivity index (χ1v) is 8.61. The summed E-state index contributed by atoms with van der Waals surface area (Å²) in [6.45, 7) is 6.09. The molecular formula is C18H25N3O5. The van der Waals surface area contributed by atoms with Crippen LogP contribution in [0.15, 0.2) is 24.3 Å². The molecule has 1 unspecified atom stereocenters. The first-order valence-electron chi connectivity index (χ1n) is 8.61. The third-order valence-electron chi connectivity index (χ3n) is 4.30. The normalized spacial score (nSPS) is 15.2. The molecular weight excluding hydrogens is 338 g/mol. The van der Waals surface area contributed by atoms with Crippen LogP contribution >= 0.6 is 0 Å². The van der Waals surface area contributed by atoms with Crippen LogP contribution in [-0.2, 0) is 14.3 Å². The van der Waals surface area contributed by atoms with Crippen LogP contribution in [-0.4, -0.2) is 73.2 Å². The number of anilines is 1. The molecule has 1 heterocycles. The SMILES string of the molecule is CC(=O)NCCN(C(=O)c1ccc(N2CCOCC2)cc1)C(C)C(=O)O. The van der Waals surface area contributed by atoms with E-state index < -0.39 is 12.0 Å². The molecule has 1 aromatic rings. The molecule has 8 heteroatoms. The van der Waals surface area contributed by atoms with Gasteiger partial charge in [0.2, 0.25) is 5.91 Å².